The van der Waals surface area contributed by atoms with E-state index in [1.165, 1.54) is 24.0 Å². The Morgan fingerprint density at radius 1 is 1.15 bits per heavy atom. The summed E-state index contributed by atoms with van der Waals surface area (Å²) in [5, 5.41) is 0. The second-order valence-electron chi connectivity index (χ2n) is 4.12. The van der Waals surface area contributed by atoms with E-state index in [1.54, 1.807) is 0 Å². The molecule has 2 rings (SSSR count). The molecule has 0 fully saturated rings. The van der Waals surface area contributed by atoms with Crippen LogP contribution in [0.5, 0.6) is 0 Å². The lowest BCUT2D eigenvalue weighted by molar-refractivity contribution is 0.550. The van der Waals surface area contributed by atoms with Gasteiger partial charge >= 0.3 is 0 Å². The second-order valence-corrected chi connectivity index (χ2v) is 4.12. The lowest BCUT2D eigenvalue weighted by Crippen LogP contribution is -2.19. The van der Waals surface area contributed by atoms with Crippen molar-refractivity contribution in [3.05, 3.63) is 47.5 Å². The first-order chi connectivity index (χ1) is 6.23. The zero-order valence-corrected chi connectivity index (χ0v) is 8.38. The fraction of sp³-hybridized carbons (Fsp3) is 0.385. The van der Waals surface area contributed by atoms with Crippen molar-refractivity contribution in [3.8, 4) is 0 Å². The van der Waals surface area contributed by atoms with Gasteiger partial charge in [0.2, 0.25) is 0 Å². The summed E-state index contributed by atoms with van der Waals surface area (Å²) in [7, 11) is 0. The molecule has 1 aliphatic rings. The number of hydrogen-bond donors (Lipinski definition) is 0. The van der Waals surface area contributed by atoms with E-state index in [-0.39, 0.29) is 0 Å². The Kier molecular flexibility index (Phi) is 1.99. The third-order valence-electron chi connectivity index (χ3n) is 3.38. The first kappa shape index (κ1) is 8.55. The molecule has 0 aliphatic heterocycles. The van der Waals surface area contributed by atoms with E-state index >= 15 is 0 Å². The molecule has 0 bridgehead atoms. The summed E-state index contributed by atoms with van der Waals surface area (Å²) >= 11 is 0. The standard InChI is InChI=1S/C13H16/c1-11-7-6-10-13(11,2)12-8-4-3-5-9-12/h3-5,7-9H,6,10H2,1-2H3/t13-/m0/s1. The lowest BCUT2D eigenvalue weighted by atomic mass is 9.77. The molecule has 0 radical (unpaired) electrons. The minimum atomic E-state index is 0.307. The Hall–Kier alpha value is -1.04. The monoisotopic (exact) mass is 172 g/mol. The Balaban J connectivity index is 2.41. The lowest BCUT2D eigenvalue weighted by Gasteiger charge is -2.26. The molecule has 68 valence electrons. The molecule has 0 spiro atoms. The van der Waals surface area contributed by atoms with E-state index in [9.17, 15) is 0 Å². The maximum atomic E-state index is 2.37. The Morgan fingerprint density at radius 3 is 2.38 bits per heavy atom. The molecule has 1 atom stereocenters. The number of hydrogen-bond acceptors (Lipinski definition) is 0. The molecule has 1 aromatic carbocycles. The van der Waals surface area contributed by atoms with E-state index in [2.05, 4.69) is 50.3 Å². The van der Waals surface area contributed by atoms with Crippen LogP contribution in [0, 0.1) is 0 Å². The molecule has 0 amide bonds. The molecule has 0 aromatic heterocycles. The fourth-order valence-corrected chi connectivity index (χ4v) is 2.18. The highest BCUT2D eigenvalue weighted by molar-refractivity contribution is 5.37. The smallest absolute Gasteiger partial charge is 0.0133 e. The summed E-state index contributed by atoms with van der Waals surface area (Å²) in [6.07, 6.45) is 4.87. The average molecular weight is 172 g/mol. The van der Waals surface area contributed by atoms with Crippen LogP contribution in [0.2, 0.25) is 0 Å². The summed E-state index contributed by atoms with van der Waals surface area (Å²) in [5.41, 5.74) is 3.29. The molecule has 13 heavy (non-hydrogen) atoms. The molecule has 1 aliphatic carbocycles. The van der Waals surface area contributed by atoms with Gasteiger partial charge in [0.25, 0.3) is 0 Å². The topological polar surface area (TPSA) is 0 Å². The minimum Gasteiger partial charge on any atom is -0.0847 e. The molecule has 0 heterocycles. The highest BCUT2D eigenvalue weighted by atomic mass is 14.3. The molecule has 0 nitrogen and oxygen atoms in total. The van der Waals surface area contributed by atoms with Crippen molar-refractivity contribution in [2.45, 2.75) is 32.1 Å². The highest BCUT2D eigenvalue weighted by Gasteiger charge is 2.30. The van der Waals surface area contributed by atoms with Crippen LogP contribution >= 0.6 is 0 Å². The van der Waals surface area contributed by atoms with Crippen LogP contribution in [0.1, 0.15) is 32.3 Å². The van der Waals surface area contributed by atoms with Crippen molar-refractivity contribution in [1.82, 2.24) is 0 Å². The van der Waals surface area contributed by atoms with Crippen LogP contribution in [0.25, 0.3) is 0 Å². The third-order valence-corrected chi connectivity index (χ3v) is 3.38. The van der Waals surface area contributed by atoms with Crippen molar-refractivity contribution < 1.29 is 0 Å². The average Bonchev–Trinajstić information content (AvgIpc) is 2.50. The molecule has 0 saturated carbocycles. The van der Waals surface area contributed by atoms with Crippen LogP contribution in [0.3, 0.4) is 0 Å². The number of benzene rings is 1. The third kappa shape index (κ3) is 1.31. The SMILES string of the molecule is CC1=CCC[C@]1(C)c1ccccc1. The maximum absolute atomic E-state index is 2.37. The molecule has 0 N–H and O–H groups in total. The van der Waals surface area contributed by atoms with Crippen LogP contribution in [-0.4, -0.2) is 0 Å². The minimum absolute atomic E-state index is 0.307. The van der Waals surface area contributed by atoms with Gasteiger partial charge in [-0.2, -0.15) is 0 Å². The van der Waals surface area contributed by atoms with Gasteiger partial charge in [-0.25, -0.2) is 0 Å². The van der Waals surface area contributed by atoms with E-state index < -0.39 is 0 Å². The zero-order valence-electron chi connectivity index (χ0n) is 8.38. The quantitative estimate of drug-likeness (QED) is 0.567. The summed E-state index contributed by atoms with van der Waals surface area (Å²) in [6.45, 7) is 4.60. The molecule has 0 saturated heterocycles. The Bertz CT molecular complexity index is 321. The largest absolute Gasteiger partial charge is 0.0847 e. The molecule has 1 aromatic rings. The van der Waals surface area contributed by atoms with Crippen molar-refractivity contribution in [2.24, 2.45) is 0 Å². The van der Waals surface area contributed by atoms with Gasteiger partial charge in [0.05, 0.1) is 0 Å². The Labute approximate surface area is 80.3 Å². The molecule has 0 unspecified atom stereocenters. The van der Waals surface area contributed by atoms with Gasteiger partial charge < -0.3 is 0 Å². The molecular weight excluding hydrogens is 156 g/mol. The van der Waals surface area contributed by atoms with Crippen LogP contribution in [-0.2, 0) is 5.41 Å². The van der Waals surface area contributed by atoms with Gasteiger partial charge in [0.15, 0.2) is 0 Å². The normalized spacial score (nSPS) is 27.4. The molecule has 0 heteroatoms. The van der Waals surface area contributed by atoms with Crippen LogP contribution < -0.4 is 0 Å². The van der Waals surface area contributed by atoms with E-state index in [0.717, 1.165) is 0 Å². The fourth-order valence-electron chi connectivity index (χ4n) is 2.18. The summed E-state index contributed by atoms with van der Waals surface area (Å²) in [4.78, 5) is 0. The van der Waals surface area contributed by atoms with Crippen molar-refractivity contribution in [1.29, 1.82) is 0 Å². The predicted molar refractivity (Wildman–Crippen MR) is 56.8 cm³/mol. The van der Waals surface area contributed by atoms with Crippen LogP contribution in [0.15, 0.2) is 42.0 Å². The second kappa shape index (κ2) is 3.02. The highest BCUT2D eigenvalue weighted by Crippen LogP contribution is 2.40. The van der Waals surface area contributed by atoms with Gasteiger partial charge in [0.1, 0.15) is 0 Å². The molecular formula is C13H16. The van der Waals surface area contributed by atoms with Gasteiger partial charge in [-0.05, 0) is 25.3 Å². The first-order valence-electron chi connectivity index (χ1n) is 4.96. The summed E-state index contributed by atoms with van der Waals surface area (Å²) in [6, 6.07) is 10.8. The van der Waals surface area contributed by atoms with Gasteiger partial charge in [-0.1, -0.05) is 48.9 Å². The zero-order chi connectivity index (χ0) is 9.31. The van der Waals surface area contributed by atoms with Crippen LogP contribution in [0.4, 0.5) is 0 Å². The van der Waals surface area contributed by atoms with Gasteiger partial charge in [0, 0.05) is 5.41 Å². The van der Waals surface area contributed by atoms with Crippen molar-refractivity contribution in [2.75, 3.05) is 0 Å². The summed E-state index contributed by atoms with van der Waals surface area (Å²) < 4.78 is 0. The van der Waals surface area contributed by atoms with E-state index in [1.807, 2.05) is 0 Å². The summed E-state index contributed by atoms with van der Waals surface area (Å²) in [5.74, 6) is 0. The predicted octanol–water partition coefficient (Wildman–Crippen LogP) is 3.68. The van der Waals surface area contributed by atoms with Crippen molar-refractivity contribution in [3.63, 3.8) is 0 Å². The Morgan fingerprint density at radius 2 is 1.85 bits per heavy atom. The maximum Gasteiger partial charge on any atom is 0.0133 e. The van der Waals surface area contributed by atoms with Gasteiger partial charge in [-0.15, -0.1) is 0 Å². The number of rotatable bonds is 1. The first-order valence-corrected chi connectivity index (χ1v) is 4.96. The van der Waals surface area contributed by atoms with Crippen molar-refractivity contribution >= 4 is 0 Å². The van der Waals surface area contributed by atoms with Gasteiger partial charge in [-0.3, -0.25) is 0 Å². The van der Waals surface area contributed by atoms with E-state index in [4.69, 9.17) is 0 Å². The number of allylic oxidation sites excluding steroid dienone is 2. The van der Waals surface area contributed by atoms with E-state index in [0.29, 0.717) is 5.41 Å².